The molecule has 0 saturated heterocycles. The predicted molar refractivity (Wildman–Crippen MR) is 84.0 cm³/mol. The van der Waals surface area contributed by atoms with Crippen LogP contribution in [0.25, 0.3) is 0 Å². The number of hydrogen-bond donors (Lipinski definition) is 0. The Morgan fingerprint density at radius 1 is 1.00 bits per heavy atom. The average molecular weight is 336 g/mol. The molecule has 2 rings (SSSR count). The van der Waals surface area contributed by atoms with Gasteiger partial charge in [-0.2, -0.15) is 8.42 Å². The molecule has 0 unspecified atom stereocenters. The Labute approximate surface area is 134 Å². The summed E-state index contributed by atoms with van der Waals surface area (Å²) in [6, 6.07) is 13.6. The SMILES string of the molecule is COc1ccccc1COc1ccccc1C(=O)OS(C)(=O)=O. The number of carbonyl (C=O) groups is 1. The lowest BCUT2D eigenvalue weighted by molar-refractivity contribution is 0.0743. The fourth-order valence-electron chi connectivity index (χ4n) is 1.92. The van der Waals surface area contributed by atoms with Crippen molar-refractivity contribution in [3.63, 3.8) is 0 Å². The van der Waals surface area contributed by atoms with E-state index in [1.165, 1.54) is 6.07 Å². The zero-order chi connectivity index (χ0) is 16.9. The maximum absolute atomic E-state index is 11.9. The van der Waals surface area contributed by atoms with Crippen LogP contribution in [0.2, 0.25) is 0 Å². The third kappa shape index (κ3) is 4.72. The van der Waals surface area contributed by atoms with Gasteiger partial charge >= 0.3 is 16.1 Å². The summed E-state index contributed by atoms with van der Waals surface area (Å²) >= 11 is 0. The predicted octanol–water partition coefficient (Wildman–Crippen LogP) is 2.39. The van der Waals surface area contributed by atoms with Crippen molar-refractivity contribution in [2.24, 2.45) is 0 Å². The number of para-hydroxylation sites is 2. The first kappa shape index (κ1) is 16.8. The molecule has 0 aromatic heterocycles. The van der Waals surface area contributed by atoms with Gasteiger partial charge in [0.15, 0.2) is 0 Å². The molecule has 0 radical (unpaired) electrons. The van der Waals surface area contributed by atoms with E-state index in [0.29, 0.717) is 5.75 Å². The molecule has 6 nitrogen and oxygen atoms in total. The summed E-state index contributed by atoms with van der Waals surface area (Å²) in [4.78, 5) is 11.9. The van der Waals surface area contributed by atoms with Gasteiger partial charge in [-0.3, -0.25) is 0 Å². The molecular weight excluding hydrogens is 320 g/mol. The van der Waals surface area contributed by atoms with Gasteiger partial charge in [0, 0.05) is 5.56 Å². The summed E-state index contributed by atoms with van der Waals surface area (Å²) in [5, 5.41) is 0. The number of methoxy groups -OCH3 is 1. The normalized spacial score (nSPS) is 10.9. The minimum Gasteiger partial charge on any atom is -0.496 e. The van der Waals surface area contributed by atoms with Crippen LogP contribution < -0.4 is 9.47 Å². The monoisotopic (exact) mass is 336 g/mol. The van der Waals surface area contributed by atoms with E-state index in [1.54, 1.807) is 31.4 Å². The van der Waals surface area contributed by atoms with Gasteiger partial charge in [-0.05, 0) is 18.2 Å². The first-order valence-electron chi connectivity index (χ1n) is 6.68. The lowest BCUT2D eigenvalue weighted by Crippen LogP contribution is -2.13. The van der Waals surface area contributed by atoms with Crippen LogP contribution >= 0.6 is 0 Å². The highest BCUT2D eigenvalue weighted by atomic mass is 32.2. The van der Waals surface area contributed by atoms with Gasteiger partial charge in [-0.1, -0.05) is 30.3 Å². The highest BCUT2D eigenvalue weighted by molar-refractivity contribution is 7.86. The number of ether oxygens (including phenoxy) is 2. The third-order valence-corrected chi connectivity index (χ3v) is 3.36. The molecule has 2 aromatic carbocycles. The van der Waals surface area contributed by atoms with Gasteiger partial charge < -0.3 is 13.7 Å². The Kier molecular flexibility index (Phi) is 5.23. The molecule has 0 spiro atoms. The molecule has 0 heterocycles. The first-order valence-corrected chi connectivity index (χ1v) is 8.50. The fraction of sp³-hybridized carbons (Fsp3) is 0.188. The summed E-state index contributed by atoms with van der Waals surface area (Å²) in [6.45, 7) is 0.160. The maximum Gasteiger partial charge on any atom is 0.357 e. The van der Waals surface area contributed by atoms with Crippen molar-refractivity contribution in [3.05, 3.63) is 59.7 Å². The fourth-order valence-corrected chi connectivity index (χ4v) is 2.29. The van der Waals surface area contributed by atoms with E-state index in [0.717, 1.165) is 11.8 Å². The molecule has 0 fully saturated rings. The number of carbonyl (C=O) groups excluding carboxylic acids is 1. The Bertz CT molecular complexity index is 798. The molecule has 0 N–H and O–H groups in total. The van der Waals surface area contributed by atoms with Gasteiger partial charge in [0.1, 0.15) is 23.7 Å². The first-order chi connectivity index (χ1) is 10.9. The zero-order valence-electron chi connectivity index (χ0n) is 12.7. The lowest BCUT2D eigenvalue weighted by Gasteiger charge is -2.12. The summed E-state index contributed by atoms with van der Waals surface area (Å²) in [5.41, 5.74) is 0.828. The molecule has 0 amide bonds. The van der Waals surface area contributed by atoms with Crippen LogP contribution in [0.15, 0.2) is 48.5 Å². The van der Waals surface area contributed by atoms with Crippen molar-refractivity contribution in [3.8, 4) is 11.5 Å². The van der Waals surface area contributed by atoms with E-state index in [4.69, 9.17) is 9.47 Å². The van der Waals surface area contributed by atoms with Crippen LogP contribution in [0.1, 0.15) is 15.9 Å². The topological polar surface area (TPSA) is 78.9 Å². The second kappa shape index (κ2) is 7.15. The molecule has 0 bridgehead atoms. The highest BCUT2D eigenvalue weighted by Crippen LogP contribution is 2.23. The summed E-state index contributed by atoms with van der Waals surface area (Å²) in [6.07, 6.45) is 0.809. The largest absolute Gasteiger partial charge is 0.496 e. The van der Waals surface area contributed by atoms with Crippen molar-refractivity contribution < 1.29 is 26.9 Å². The standard InChI is InChI=1S/C16H16O6S/c1-20-14-9-5-3-7-12(14)11-21-15-10-6-4-8-13(15)16(17)22-23(2,18)19/h3-10H,11H2,1-2H3. The van der Waals surface area contributed by atoms with Crippen molar-refractivity contribution in [2.75, 3.05) is 13.4 Å². The second-order valence-electron chi connectivity index (χ2n) is 4.67. The van der Waals surface area contributed by atoms with Gasteiger partial charge in [0.2, 0.25) is 0 Å². The van der Waals surface area contributed by atoms with Crippen LogP contribution in [-0.2, 0) is 20.9 Å². The summed E-state index contributed by atoms with van der Waals surface area (Å²) < 4.78 is 37.4. The smallest absolute Gasteiger partial charge is 0.357 e. The number of rotatable bonds is 6. The molecule has 23 heavy (non-hydrogen) atoms. The van der Waals surface area contributed by atoms with Gasteiger partial charge in [-0.15, -0.1) is 0 Å². The minimum atomic E-state index is -3.89. The molecule has 7 heteroatoms. The van der Waals surface area contributed by atoms with Gasteiger partial charge in [0.05, 0.1) is 13.4 Å². The lowest BCUT2D eigenvalue weighted by atomic mass is 10.2. The Morgan fingerprint density at radius 2 is 1.61 bits per heavy atom. The number of benzene rings is 2. The highest BCUT2D eigenvalue weighted by Gasteiger charge is 2.18. The van der Waals surface area contributed by atoms with E-state index in [9.17, 15) is 13.2 Å². The van der Waals surface area contributed by atoms with Crippen molar-refractivity contribution in [1.29, 1.82) is 0 Å². The van der Waals surface area contributed by atoms with E-state index in [1.807, 2.05) is 18.2 Å². The third-order valence-electron chi connectivity index (χ3n) is 2.91. The summed E-state index contributed by atoms with van der Waals surface area (Å²) in [5.74, 6) is -0.0983. The van der Waals surface area contributed by atoms with Crippen LogP contribution in [0, 0.1) is 0 Å². The molecular formula is C16H16O6S. The van der Waals surface area contributed by atoms with Crippen LogP contribution in [0.3, 0.4) is 0 Å². The average Bonchev–Trinajstić information content (AvgIpc) is 2.51. The van der Waals surface area contributed by atoms with E-state index >= 15 is 0 Å². The van der Waals surface area contributed by atoms with Crippen molar-refractivity contribution >= 4 is 16.1 Å². The molecule has 0 saturated carbocycles. The van der Waals surface area contributed by atoms with Crippen LogP contribution in [0.5, 0.6) is 11.5 Å². The zero-order valence-corrected chi connectivity index (χ0v) is 13.5. The number of hydrogen-bond acceptors (Lipinski definition) is 6. The molecule has 0 aliphatic carbocycles. The second-order valence-corrected chi connectivity index (χ2v) is 6.25. The van der Waals surface area contributed by atoms with Crippen LogP contribution in [-0.4, -0.2) is 27.8 Å². The molecule has 0 aliphatic rings. The molecule has 122 valence electrons. The van der Waals surface area contributed by atoms with E-state index < -0.39 is 16.1 Å². The Balaban J connectivity index is 2.19. The van der Waals surface area contributed by atoms with Crippen molar-refractivity contribution in [2.45, 2.75) is 6.61 Å². The Hall–Kier alpha value is -2.54. The molecule has 0 aliphatic heterocycles. The molecule has 0 atom stereocenters. The van der Waals surface area contributed by atoms with Gasteiger partial charge in [-0.25, -0.2) is 4.79 Å². The van der Waals surface area contributed by atoms with E-state index in [-0.39, 0.29) is 17.9 Å². The maximum atomic E-state index is 11.9. The summed E-state index contributed by atoms with van der Waals surface area (Å²) in [7, 11) is -2.34. The molecule has 2 aromatic rings. The van der Waals surface area contributed by atoms with Gasteiger partial charge in [0.25, 0.3) is 0 Å². The Morgan fingerprint density at radius 3 is 2.26 bits per heavy atom. The quantitative estimate of drug-likeness (QED) is 0.754. The van der Waals surface area contributed by atoms with E-state index in [2.05, 4.69) is 4.18 Å². The van der Waals surface area contributed by atoms with Crippen LogP contribution in [0.4, 0.5) is 0 Å². The van der Waals surface area contributed by atoms with Crippen molar-refractivity contribution in [1.82, 2.24) is 0 Å². The minimum absolute atomic E-state index is 0.0350.